The van der Waals surface area contributed by atoms with Crippen LogP contribution in [0.2, 0.25) is 0 Å². The first kappa shape index (κ1) is 16.2. The molecule has 1 aromatic carbocycles. The molecule has 1 atom stereocenters. The van der Waals surface area contributed by atoms with Crippen molar-refractivity contribution in [3.63, 3.8) is 0 Å². The highest BCUT2D eigenvalue weighted by Crippen LogP contribution is 2.10. The van der Waals surface area contributed by atoms with Gasteiger partial charge in [-0.15, -0.1) is 0 Å². The van der Waals surface area contributed by atoms with Gasteiger partial charge < -0.3 is 15.4 Å². The van der Waals surface area contributed by atoms with Crippen LogP contribution < -0.4 is 15.8 Å². The molecule has 0 amide bonds. The second-order valence-electron chi connectivity index (χ2n) is 4.89. The Bertz CT molecular complexity index is 581. The smallest absolute Gasteiger partial charge is 0.238 e. The predicted octanol–water partition coefficient (Wildman–Crippen LogP) is 0.477. The van der Waals surface area contributed by atoms with Gasteiger partial charge in [0, 0.05) is 19.7 Å². The van der Waals surface area contributed by atoms with Crippen molar-refractivity contribution >= 4 is 27.4 Å². The van der Waals surface area contributed by atoms with Crippen LogP contribution >= 0.6 is 12.2 Å². The van der Waals surface area contributed by atoms with Gasteiger partial charge in [0.2, 0.25) is 10.0 Å². The van der Waals surface area contributed by atoms with E-state index in [1.54, 1.807) is 12.1 Å². The summed E-state index contributed by atoms with van der Waals surface area (Å²) < 4.78 is 27.8. The van der Waals surface area contributed by atoms with E-state index in [1.165, 1.54) is 12.1 Å². The van der Waals surface area contributed by atoms with E-state index >= 15 is 0 Å². The van der Waals surface area contributed by atoms with Crippen LogP contribution in [0, 0.1) is 0 Å². The van der Waals surface area contributed by atoms with Crippen LogP contribution in [0.25, 0.3) is 0 Å². The molecule has 1 unspecified atom stereocenters. The number of thiocarbonyl (C=S) groups is 1. The second kappa shape index (κ2) is 7.17. The van der Waals surface area contributed by atoms with Crippen molar-refractivity contribution in [3.8, 4) is 0 Å². The van der Waals surface area contributed by atoms with Crippen molar-refractivity contribution in [1.82, 2.24) is 10.6 Å². The van der Waals surface area contributed by atoms with Gasteiger partial charge in [-0.1, -0.05) is 12.1 Å². The molecule has 0 aromatic heterocycles. The van der Waals surface area contributed by atoms with Crippen molar-refractivity contribution in [3.05, 3.63) is 29.8 Å². The van der Waals surface area contributed by atoms with Crippen molar-refractivity contribution in [2.75, 3.05) is 13.2 Å². The number of rotatable bonds is 5. The lowest BCUT2D eigenvalue weighted by molar-refractivity contribution is 0.114. The normalized spacial score (nSPS) is 18.4. The SMILES string of the molecule is NS(=O)(=O)c1ccc(CNC(=S)NCC2CCCO2)cc1. The Morgan fingerprint density at radius 3 is 2.62 bits per heavy atom. The number of hydrogen-bond acceptors (Lipinski definition) is 4. The minimum Gasteiger partial charge on any atom is -0.376 e. The topological polar surface area (TPSA) is 93.5 Å². The second-order valence-corrected chi connectivity index (χ2v) is 6.86. The van der Waals surface area contributed by atoms with E-state index in [0.29, 0.717) is 18.2 Å². The van der Waals surface area contributed by atoms with E-state index in [0.717, 1.165) is 25.0 Å². The Morgan fingerprint density at radius 1 is 1.33 bits per heavy atom. The highest BCUT2D eigenvalue weighted by atomic mass is 32.2. The molecule has 1 saturated heterocycles. The fourth-order valence-corrected chi connectivity index (χ4v) is 2.72. The number of sulfonamides is 1. The van der Waals surface area contributed by atoms with Gasteiger partial charge in [-0.25, -0.2) is 13.6 Å². The van der Waals surface area contributed by atoms with Gasteiger partial charge >= 0.3 is 0 Å². The summed E-state index contributed by atoms with van der Waals surface area (Å²) in [4.78, 5) is 0.102. The van der Waals surface area contributed by atoms with Gasteiger partial charge in [0.05, 0.1) is 11.0 Å². The van der Waals surface area contributed by atoms with Crippen molar-refractivity contribution in [2.45, 2.75) is 30.4 Å². The number of hydrogen-bond donors (Lipinski definition) is 3. The van der Waals surface area contributed by atoms with Crippen LogP contribution in [0.1, 0.15) is 18.4 Å². The van der Waals surface area contributed by atoms with Gasteiger partial charge in [0.15, 0.2) is 5.11 Å². The van der Waals surface area contributed by atoms with Crippen molar-refractivity contribution in [1.29, 1.82) is 0 Å². The summed E-state index contributed by atoms with van der Waals surface area (Å²) in [7, 11) is -3.64. The van der Waals surface area contributed by atoms with Gasteiger partial charge in [0.25, 0.3) is 0 Å². The predicted molar refractivity (Wildman–Crippen MR) is 84.2 cm³/mol. The Balaban J connectivity index is 1.75. The van der Waals surface area contributed by atoms with Gasteiger partial charge in [-0.05, 0) is 42.8 Å². The third-order valence-corrected chi connectivity index (χ3v) is 4.44. The molecule has 0 saturated carbocycles. The maximum absolute atomic E-state index is 11.1. The summed E-state index contributed by atoms with van der Waals surface area (Å²) in [6.45, 7) is 2.04. The number of benzene rings is 1. The molecule has 116 valence electrons. The summed E-state index contributed by atoms with van der Waals surface area (Å²) in [5, 5.41) is 11.8. The van der Waals surface area contributed by atoms with E-state index in [4.69, 9.17) is 22.1 Å². The minimum absolute atomic E-state index is 0.102. The van der Waals surface area contributed by atoms with Crippen molar-refractivity contribution in [2.24, 2.45) is 5.14 Å². The molecule has 0 spiro atoms. The zero-order chi connectivity index (χ0) is 15.3. The Morgan fingerprint density at radius 2 is 2.05 bits per heavy atom. The zero-order valence-electron chi connectivity index (χ0n) is 11.5. The van der Waals surface area contributed by atoms with Crippen LogP contribution in [0.3, 0.4) is 0 Å². The number of nitrogens with one attached hydrogen (secondary N) is 2. The lowest BCUT2D eigenvalue weighted by Gasteiger charge is -2.14. The fourth-order valence-electron chi connectivity index (χ4n) is 2.05. The zero-order valence-corrected chi connectivity index (χ0v) is 13.2. The highest BCUT2D eigenvalue weighted by molar-refractivity contribution is 7.89. The number of ether oxygens (including phenoxy) is 1. The van der Waals surface area contributed by atoms with Gasteiger partial charge in [0.1, 0.15) is 0 Å². The van der Waals surface area contributed by atoms with E-state index in [9.17, 15) is 8.42 Å². The molecule has 0 bridgehead atoms. The molecule has 2 rings (SSSR count). The largest absolute Gasteiger partial charge is 0.376 e. The molecule has 1 heterocycles. The maximum atomic E-state index is 11.1. The van der Waals surface area contributed by atoms with Gasteiger partial charge in [-0.2, -0.15) is 0 Å². The Labute approximate surface area is 130 Å². The van der Waals surface area contributed by atoms with Crippen molar-refractivity contribution < 1.29 is 13.2 Å². The van der Waals surface area contributed by atoms with E-state index < -0.39 is 10.0 Å². The molecule has 1 aliphatic rings. The molecule has 1 aliphatic heterocycles. The van der Waals surface area contributed by atoms with Crippen LogP contribution in [0.5, 0.6) is 0 Å². The molecule has 21 heavy (non-hydrogen) atoms. The summed E-state index contributed by atoms with van der Waals surface area (Å²) >= 11 is 5.18. The lowest BCUT2D eigenvalue weighted by atomic mass is 10.2. The molecule has 4 N–H and O–H groups in total. The molecule has 1 fully saturated rings. The van der Waals surface area contributed by atoms with Gasteiger partial charge in [-0.3, -0.25) is 0 Å². The molecule has 1 aromatic rings. The summed E-state index contributed by atoms with van der Waals surface area (Å²) in [5.74, 6) is 0. The van der Waals surface area contributed by atoms with Crippen LogP contribution in [-0.4, -0.2) is 32.8 Å². The molecule has 8 heteroatoms. The van der Waals surface area contributed by atoms with E-state index in [1.807, 2.05) is 0 Å². The molecular weight excluding hydrogens is 310 g/mol. The van der Waals surface area contributed by atoms with Crippen LogP contribution in [-0.2, 0) is 21.3 Å². The third kappa shape index (κ3) is 5.24. The number of nitrogens with two attached hydrogens (primary N) is 1. The Kier molecular flexibility index (Phi) is 5.51. The molecule has 0 radical (unpaired) electrons. The summed E-state index contributed by atoms with van der Waals surface area (Å²) in [6, 6.07) is 6.37. The first-order chi connectivity index (χ1) is 9.95. The monoisotopic (exact) mass is 329 g/mol. The molecular formula is C13H19N3O3S2. The van der Waals surface area contributed by atoms with E-state index in [-0.39, 0.29) is 11.0 Å². The summed E-state index contributed by atoms with van der Waals surface area (Å²) in [6.07, 6.45) is 2.40. The molecule has 6 nitrogen and oxygen atoms in total. The van der Waals surface area contributed by atoms with Crippen LogP contribution in [0.15, 0.2) is 29.2 Å². The van der Waals surface area contributed by atoms with E-state index in [2.05, 4.69) is 10.6 Å². The quantitative estimate of drug-likeness (QED) is 0.680. The first-order valence-corrected chi connectivity index (χ1v) is 8.65. The lowest BCUT2D eigenvalue weighted by Crippen LogP contribution is -2.39. The summed E-state index contributed by atoms with van der Waals surface area (Å²) in [5.41, 5.74) is 0.920. The van der Waals surface area contributed by atoms with Crippen LogP contribution in [0.4, 0.5) is 0 Å². The average molecular weight is 329 g/mol. The first-order valence-electron chi connectivity index (χ1n) is 6.70. The molecule has 0 aliphatic carbocycles. The highest BCUT2D eigenvalue weighted by Gasteiger charge is 2.15. The maximum Gasteiger partial charge on any atom is 0.238 e. The standard InChI is InChI=1S/C13H19N3O3S2/c14-21(17,18)12-5-3-10(4-6-12)8-15-13(20)16-9-11-2-1-7-19-11/h3-6,11H,1-2,7-9H2,(H2,14,17,18)(H2,15,16,20). The minimum atomic E-state index is -3.64. The fraction of sp³-hybridized carbons (Fsp3) is 0.462. The average Bonchev–Trinajstić information content (AvgIpc) is 2.95. The Hall–Kier alpha value is -1.22. The third-order valence-electron chi connectivity index (χ3n) is 3.22. The number of primary sulfonamides is 1.